The van der Waals surface area contributed by atoms with Gasteiger partial charge in [0.25, 0.3) is 0 Å². The van der Waals surface area contributed by atoms with Crippen LogP contribution in [0.5, 0.6) is 5.75 Å². The molecule has 2 aromatic rings. The Morgan fingerprint density at radius 1 is 1.33 bits per heavy atom. The SMILES string of the molecule is Cc1nn(C)cc1NS(=O)(=O)CCOc1ccc(N)cc1. The summed E-state index contributed by atoms with van der Waals surface area (Å²) in [6.45, 7) is 1.79. The van der Waals surface area contributed by atoms with Crippen LogP contribution in [-0.2, 0) is 17.1 Å². The summed E-state index contributed by atoms with van der Waals surface area (Å²) in [5, 5.41) is 4.08. The summed E-state index contributed by atoms with van der Waals surface area (Å²) in [5.41, 5.74) is 7.29. The number of nitrogens with zero attached hydrogens (tertiary/aromatic N) is 2. The van der Waals surface area contributed by atoms with Gasteiger partial charge in [0, 0.05) is 18.9 Å². The van der Waals surface area contributed by atoms with Crippen LogP contribution in [0.4, 0.5) is 11.4 Å². The molecular formula is C13H18N4O3S. The zero-order chi connectivity index (χ0) is 15.5. The van der Waals surface area contributed by atoms with Gasteiger partial charge in [0.15, 0.2) is 0 Å². The van der Waals surface area contributed by atoms with Gasteiger partial charge >= 0.3 is 0 Å². The number of benzene rings is 1. The first-order valence-electron chi connectivity index (χ1n) is 6.35. The third kappa shape index (κ3) is 4.38. The Balaban J connectivity index is 1.89. The Hall–Kier alpha value is -2.22. The van der Waals surface area contributed by atoms with E-state index in [0.717, 1.165) is 0 Å². The first kappa shape index (κ1) is 15.2. The summed E-state index contributed by atoms with van der Waals surface area (Å²) < 4.78 is 33.3. The van der Waals surface area contributed by atoms with E-state index in [1.54, 1.807) is 49.1 Å². The summed E-state index contributed by atoms with van der Waals surface area (Å²) in [4.78, 5) is 0. The summed E-state index contributed by atoms with van der Waals surface area (Å²) in [6.07, 6.45) is 1.62. The van der Waals surface area contributed by atoms with E-state index in [1.807, 2.05) is 0 Å². The highest BCUT2D eigenvalue weighted by Gasteiger charge is 2.14. The van der Waals surface area contributed by atoms with Crippen molar-refractivity contribution in [2.24, 2.45) is 7.05 Å². The summed E-state index contributed by atoms with van der Waals surface area (Å²) >= 11 is 0. The van der Waals surface area contributed by atoms with E-state index in [2.05, 4.69) is 9.82 Å². The number of ether oxygens (including phenoxy) is 1. The second-order valence-corrected chi connectivity index (χ2v) is 6.48. The lowest BCUT2D eigenvalue weighted by molar-refractivity contribution is 0.341. The molecule has 0 aliphatic carbocycles. The number of nitrogens with one attached hydrogen (secondary N) is 1. The minimum atomic E-state index is -3.48. The highest BCUT2D eigenvalue weighted by molar-refractivity contribution is 7.92. The Bertz CT molecular complexity index is 708. The third-order valence-corrected chi connectivity index (χ3v) is 4.01. The van der Waals surface area contributed by atoms with Crippen LogP contribution < -0.4 is 15.2 Å². The molecule has 1 aromatic carbocycles. The predicted octanol–water partition coefficient (Wildman–Crippen LogP) is 1.13. The van der Waals surface area contributed by atoms with Gasteiger partial charge in [0.2, 0.25) is 10.0 Å². The van der Waals surface area contributed by atoms with Crippen LogP contribution in [0, 0.1) is 6.92 Å². The fourth-order valence-electron chi connectivity index (χ4n) is 1.75. The molecule has 0 fully saturated rings. The molecule has 0 unspecified atom stereocenters. The standard InChI is InChI=1S/C13H18N4O3S/c1-10-13(9-17(2)15-10)16-21(18,19)8-7-20-12-5-3-11(14)4-6-12/h3-6,9,16H,7-8,14H2,1-2H3. The fraction of sp³-hybridized carbons (Fsp3) is 0.308. The molecule has 0 saturated heterocycles. The molecule has 114 valence electrons. The zero-order valence-electron chi connectivity index (χ0n) is 11.9. The molecule has 0 bridgehead atoms. The molecule has 7 nitrogen and oxygen atoms in total. The number of hydrogen-bond donors (Lipinski definition) is 2. The topological polar surface area (TPSA) is 99.2 Å². The van der Waals surface area contributed by atoms with Crippen molar-refractivity contribution < 1.29 is 13.2 Å². The summed E-state index contributed by atoms with van der Waals surface area (Å²) in [6, 6.07) is 6.78. The number of aryl methyl sites for hydroxylation is 2. The lowest BCUT2D eigenvalue weighted by Gasteiger charge is -2.08. The van der Waals surface area contributed by atoms with Crippen LogP contribution in [0.15, 0.2) is 30.5 Å². The van der Waals surface area contributed by atoms with Crippen LogP contribution in [0.2, 0.25) is 0 Å². The van der Waals surface area contributed by atoms with Crippen molar-refractivity contribution in [1.29, 1.82) is 0 Å². The molecule has 21 heavy (non-hydrogen) atoms. The van der Waals surface area contributed by atoms with Crippen molar-refractivity contribution in [3.05, 3.63) is 36.2 Å². The molecule has 3 N–H and O–H groups in total. The largest absolute Gasteiger partial charge is 0.492 e. The van der Waals surface area contributed by atoms with Crippen molar-refractivity contribution in [3.63, 3.8) is 0 Å². The number of rotatable bonds is 6. The van der Waals surface area contributed by atoms with Crippen molar-refractivity contribution in [2.45, 2.75) is 6.92 Å². The number of aromatic nitrogens is 2. The Morgan fingerprint density at radius 2 is 2.00 bits per heavy atom. The van der Waals surface area contributed by atoms with E-state index in [9.17, 15) is 8.42 Å². The van der Waals surface area contributed by atoms with Crippen LogP contribution in [0.25, 0.3) is 0 Å². The highest BCUT2D eigenvalue weighted by Crippen LogP contribution is 2.15. The molecule has 2 rings (SSSR count). The van der Waals surface area contributed by atoms with Gasteiger partial charge in [-0.05, 0) is 31.2 Å². The van der Waals surface area contributed by atoms with Crippen LogP contribution in [-0.4, -0.2) is 30.6 Å². The number of nitrogens with two attached hydrogens (primary N) is 1. The van der Waals surface area contributed by atoms with E-state index in [0.29, 0.717) is 22.8 Å². The van der Waals surface area contributed by atoms with Gasteiger partial charge in [-0.15, -0.1) is 0 Å². The van der Waals surface area contributed by atoms with Crippen LogP contribution >= 0.6 is 0 Å². The minimum absolute atomic E-state index is 0.0541. The molecular weight excluding hydrogens is 292 g/mol. The number of sulfonamides is 1. The van der Waals surface area contributed by atoms with E-state index in [1.165, 1.54) is 0 Å². The van der Waals surface area contributed by atoms with Gasteiger partial charge in [-0.25, -0.2) is 8.42 Å². The first-order valence-corrected chi connectivity index (χ1v) is 8.00. The van der Waals surface area contributed by atoms with E-state index in [4.69, 9.17) is 10.5 Å². The molecule has 0 radical (unpaired) electrons. The molecule has 0 spiro atoms. The van der Waals surface area contributed by atoms with Crippen LogP contribution in [0.3, 0.4) is 0 Å². The Morgan fingerprint density at radius 3 is 2.57 bits per heavy atom. The maximum Gasteiger partial charge on any atom is 0.236 e. The molecule has 0 atom stereocenters. The van der Waals surface area contributed by atoms with Gasteiger partial charge in [-0.2, -0.15) is 5.10 Å². The zero-order valence-corrected chi connectivity index (χ0v) is 12.7. The monoisotopic (exact) mass is 310 g/mol. The normalized spacial score (nSPS) is 11.3. The van der Waals surface area contributed by atoms with Crippen molar-refractivity contribution in [2.75, 3.05) is 22.8 Å². The van der Waals surface area contributed by atoms with Gasteiger partial charge in [0.1, 0.15) is 18.1 Å². The first-order chi connectivity index (χ1) is 9.85. The third-order valence-electron chi connectivity index (χ3n) is 2.78. The van der Waals surface area contributed by atoms with Gasteiger partial charge < -0.3 is 10.5 Å². The quantitative estimate of drug-likeness (QED) is 0.779. The van der Waals surface area contributed by atoms with Crippen LogP contribution in [0.1, 0.15) is 5.69 Å². The fourth-order valence-corrected chi connectivity index (χ4v) is 2.69. The lowest BCUT2D eigenvalue weighted by Crippen LogP contribution is -2.21. The maximum absolute atomic E-state index is 12.0. The molecule has 1 aromatic heterocycles. The Kier molecular flexibility index (Phi) is 4.37. The molecule has 0 aliphatic heterocycles. The van der Waals surface area contributed by atoms with Gasteiger partial charge in [-0.1, -0.05) is 0 Å². The predicted molar refractivity (Wildman–Crippen MR) is 81.7 cm³/mol. The maximum atomic E-state index is 12.0. The molecule has 1 heterocycles. The average molecular weight is 310 g/mol. The van der Waals surface area contributed by atoms with Crippen molar-refractivity contribution >= 4 is 21.4 Å². The summed E-state index contributed by atoms with van der Waals surface area (Å²) in [5.74, 6) is 0.433. The molecule has 8 heteroatoms. The Labute approximate surface area is 123 Å². The van der Waals surface area contributed by atoms with E-state index < -0.39 is 10.0 Å². The minimum Gasteiger partial charge on any atom is -0.492 e. The van der Waals surface area contributed by atoms with Crippen molar-refractivity contribution in [3.8, 4) is 5.75 Å². The summed E-state index contributed by atoms with van der Waals surface area (Å²) in [7, 11) is -1.74. The lowest BCUT2D eigenvalue weighted by atomic mass is 10.3. The van der Waals surface area contributed by atoms with Gasteiger partial charge in [-0.3, -0.25) is 9.40 Å². The second-order valence-electron chi connectivity index (χ2n) is 4.64. The smallest absolute Gasteiger partial charge is 0.236 e. The molecule has 0 saturated carbocycles. The number of anilines is 2. The van der Waals surface area contributed by atoms with E-state index in [-0.39, 0.29) is 12.4 Å². The number of nitrogen functional groups attached to an aromatic ring is 1. The number of hydrogen-bond acceptors (Lipinski definition) is 5. The van der Waals surface area contributed by atoms with E-state index >= 15 is 0 Å². The van der Waals surface area contributed by atoms with Gasteiger partial charge in [0.05, 0.1) is 11.4 Å². The highest BCUT2D eigenvalue weighted by atomic mass is 32.2. The average Bonchev–Trinajstić information content (AvgIpc) is 2.69. The second kappa shape index (κ2) is 6.04. The van der Waals surface area contributed by atoms with Crippen molar-refractivity contribution in [1.82, 2.24) is 9.78 Å². The molecule has 0 amide bonds. The molecule has 0 aliphatic rings.